The summed E-state index contributed by atoms with van der Waals surface area (Å²) < 4.78 is 17.5. The van der Waals surface area contributed by atoms with Crippen LogP contribution in [0.15, 0.2) is 66.9 Å². The number of nitrogens with zero attached hydrogens (tertiary/aromatic N) is 3. The standard InChI is InChI=1S/C26H25N3O3S/c1-17-9-20(10-18(2)24(17)30-3)23-11-22-25(33-23)26(28-15-27-22)29(13-21-14-31-16-32-21)12-19-7-5-4-6-8-19/h4-11,14-15H,12-13,16H2,1-3H3. The Kier molecular flexibility index (Phi) is 5.88. The second-order valence-electron chi connectivity index (χ2n) is 8.02. The van der Waals surface area contributed by atoms with Gasteiger partial charge in [-0.3, -0.25) is 0 Å². The second-order valence-corrected chi connectivity index (χ2v) is 9.07. The first-order valence-electron chi connectivity index (χ1n) is 10.7. The summed E-state index contributed by atoms with van der Waals surface area (Å²) in [7, 11) is 1.71. The molecule has 0 N–H and O–H groups in total. The number of anilines is 1. The maximum Gasteiger partial charge on any atom is 0.229 e. The van der Waals surface area contributed by atoms with Crippen LogP contribution in [0.5, 0.6) is 5.75 Å². The molecule has 33 heavy (non-hydrogen) atoms. The summed E-state index contributed by atoms with van der Waals surface area (Å²) in [5, 5.41) is 0. The van der Waals surface area contributed by atoms with Gasteiger partial charge in [0.25, 0.3) is 0 Å². The smallest absolute Gasteiger partial charge is 0.229 e. The molecule has 2 aromatic heterocycles. The first-order valence-corrected chi connectivity index (χ1v) is 11.6. The molecular weight excluding hydrogens is 434 g/mol. The average molecular weight is 460 g/mol. The molecular formula is C26H25N3O3S. The van der Waals surface area contributed by atoms with Gasteiger partial charge in [-0.2, -0.15) is 0 Å². The van der Waals surface area contributed by atoms with E-state index in [-0.39, 0.29) is 6.79 Å². The lowest BCUT2D eigenvalue weighted by atomic mass is 10.0. The number of rotatable bonds is 7. The van der Waals surface area contributed by atoms with Crippen molar-refractivity contribution in [1.82, 2.24) is 9.97 Å². The first kappa shape index (κ1) is 21.3. The van der Waals surface area contributed by atoms with Crippen LogP contribution in [0.2, 0.25) is 0 Å². The van der Waals surface area contributed by atoms with Crippen molar-refractivity contribution in [3.05, 3.63) is 83.6 Å². The van der Waals surface area contributed by atoms with Crippen molar-refractivity contribution in [2.45, 2.75) is 20.4 Å². The maximum atomic E-state index is 5.62. The zero-order valence-corrected chi connectivity index (χ0v) is 19.7. The van der Waals surface area contributed by atoms with E-state index in [1.165, 1.54) is 5.56 Å². The van der Waals surface area contributed by atoms with E-state index in [0.29, 0.717) is 13.1 Å². The number of ether oxygens (including phenoxy) is 3. The molecule has 0 atom stereocenters. The molecule has 3 heterocycles. The van der Waals surface area contributed by atoms with Gasteiger partial charge < -0.3 is 19.1 Å². The predicted octanol–water partition coefficient (Wildman–Crippen LogP) is 5.84. The van der Waals surface area contributed by atoms with Gasteiger partial charge in [-0.1, -0.05) is 30.3 Å². The van der Waals surface area contributed by atoms with E-state index >= 15 is 0 Å². The van der Waals surface area contributed by atoms with Crippen LogP contribution in [0.1, 0.15) is 16.7 Å². The molecule has 0 radical (unpaired) electrons. The quantitative estimate of drug-likeness (QED) is 0.346. The number of hydrogen-bond donors (Lipinski definition) is 0. The molecule has 1 aliphatic rings. The van der Waals surface area contributed by atoms with Crippen LogP contribution < -0.4 is 9.64 Å². The lowest BCUT2D eigenvalue weighted by Gasteiger charge is -2.24. The minimum atomic E-state index is 0.257. The fraction of sp³-hybridized carbons (Fsp3) is 0.231. The monoisotopic (exact) mass is 459 g/mol. The highest BCUT2D eigenvalue weighted by Gasteiger charge is 2.20. The lowest BCUT2D eigenvalue weighted by molar-refractivity contribution is 0.0797. The Hall–Kier alpha value is -3.58. The van der Waals surface area contributed by atoms with Crippen LogP contribution in [-0.2, 0) is 16.0 Å². The van der Waals surface area contributed by atoms with Crippen molar-refractivity contribution in [3.8, 4) is 16.2 Å². The topological polar surface area (TPSA) is 56.7 Å². The largest absolute Gasteiger partial charge is 0.496 e. The Labute approximate surface area is 197 Å². The molecule has 0 aliphatic carbocycles. The highest BCUT2D eigenvalue weighted by molar-refractivity contribution is 7.22. The minimum absolute atomic E-state index is 0.257. The molecule has 0 spiro atoms. The first-order chi connectivity index (χ1) is 16.1. The van der Waals surface area contributed by atoms with Crippen molar-refractivity contribution in [2.75, 3.05) is 25.3 Å². The molecule has 0 fully saturated rings. The number of aryl methyl sites for hydroxylation is 2. The van der Waals surface area contributed by atoms with Gasteiger partial charge in [0.1, 0.15) is 18.3 Å². The molecule has 6 nitrogen and oxygen atoms in total. The molecule has 0 amide bonds. The van der Waals surface area contributed by atoms with Gasteiger partial charge in [-0.05, 0) is 54.3 Å². The van der Waals surface area contributed by atoms with Gasteiger partial charge in [0, 0.05) is 11.4 Å². The van der Waals surface area contributed by atoms with Crippen LogP contribution in [0, 0.1) is 13.8 Å². The summed E-state index contributed by atoms with van der Waals surface area (Å²) in [5.41, 5.74) is 5.52. The summed E-state index contributed by atoms with van der Waals surface area (Å²) in [5.74, 6) is 2.61. The number of benzene rings is 2. The van der Waals surface area contributed by atoms with Crippen LogP contribution in [0.4, 0.5) is 5.82 Å². The number of aromatic nitrogens is 2. The predicted molar refractivity (Wildman–Crippen MR) is 131 cm³/mol. The second kappa shape index (κ2) is 9.11. The summed E-state index contributed by atoms with van der Waals surface area (Å²) in [6, 6.07) is 16.8. The van der Waals surface area contributed by atoms with Gasteiger partial charge in [0.05, 0.1) is 23.9 Å². The van der Waals surface area contributed by atoms with Gasteiger partial charge in [0.15, 0.2) is 11.6 Å². The van der Waals surface area contributed by atoms with E-state index < -0.39 is 0 Å². The van der Waals surface area contributed by atoms with Crippen LogP contribution in [-0.4, -0.2) is 30.4 Å². The number of hydrogen-bond acceptors (Lipinski definition) is 7. The van der Waals surface area contributed by atoms with Gasteiger partial charge in [-0.25, -0.2) is 9.97 Å². The third-order valence-corrected chi connectivity index (χ3v) is 6.80. The van der Waals surface area contributed by atoms with Crippen molar-refractivity contribution in [2.24, 2.45) is 0 Å². The van der Waals surface area contributed by atoms with E-state index in [9.17, 15) is 0 Å². The summed E-state index contributed by atoms with van der Waals surface area (Å²) in [6.07, 6.45) is 3.32. The zero-order chi connectivity index (χ0) is 22.8. The van der Waals surface area contributed by atoms with E-state index in [1.54, 1.807) is 31.0 Å². The Bertz CT molecular complexity index is 1290. The third-order valence-electron chi connectivity index (χ3n) is 5.63. The Balaban J connectivity index is 1.56. The van der Waals surface area contributed by atoms with Gasteiger partial charge >= 0.3 is 0 Å². The van der Waals surface area contributed by atoms with E-state index in [1.807, 2.05) is 6.07 Å². The normalized spacial score (nSPS) is 12.9. The van der Waals surface area contributed by atoms with Gasteiger partial charge in [-0.15, -0.1) is 11.3 Å². The van der Waals surface area contributed by atoms with E-state index in [2.05, 4.69) is 66.2 Å². The number of thiophene rings is 1. The van der Waals surface area contributed by atoms with Crippen molar-refractivity contribution in [3.63, 3.8) is 0 Å². The molecule has 0 saturated carbocycles. The average Bonchev–Trinajstić information content (AvgIpc) is 3.49. The molecule has 0 saturated heterocycles. The van der Waals surface area contributed by atoms with Crippen LogP contribution in [0.25, 0.3) is 20.7 Å². The Morgan fingerprint density at radius 3 is 2.52 bits per heavy atom. The molecule has 7 heteroatoms. The SMILES string of the molecule is COc1c(C)cc(-c2cc3ncnc(N(CC4=COCO4)Cc4ccccc4)c3s2)cc1C. The highest BCUT2D eigenvalue weighted by Crippen LogP contribution is 2.39. The van der Waals surface area contributed by atoms with Crippen LogP contribution >= 0.6 is 11.3 Å². The van der Waals surface area contributed by atoms with E-state index in [4.69, 9.17) is 19.2 Å². The fourth-order valence-corrected chi connectivity index (χ4v) is 5.29. The summed E-state index contributed by atoms with van der Waals surface area (Å²) in [6.45, 7) is 5.67. The Morgan fingerprint density at radius 2 is 1.82 bits per heavy atom. The number of methoxy groups -OCH3 is 1. The molecule has 0 bridgehead atoms. The van der Waals surface area contributed by atoms with Crippen molar-refractivity contribution in [1.29, 1.82) is 0 Å². The number of fused-ring (bicyclic) bond motifs is 1. The lowest BCUT2D eigenvalue weighted by Crippen LogP contribution is -2.26. The Morgan fingerprint density at radius 1 is 1.03 bits per heavy atom. The molecule has 2 aromatic carbocycles. The fourth-order valence-electron chi connectivity index (χ4n) is 4.18. The zero-order valence-electron chi connectivity index (χ0n) is 18.9. The molecule has 5 rings (SSSR count). The van der Waals surface area contributed by atoms with Crippen molar-refractivity contribution < 1.29 is 14.2 Å². The molecule has 168 valence electrons. The van der Waals surface area contributed by atoms with Gasteiger partial charge in [0.2, 0.25) is 6.79 Å². The maximum absolute atomic E-state index is 5.62. The van der Waals surface area contributed by atoms with Crippen molar-refractivity contribution >= 4 is 27.4 Å². The molecule has 4 aromatic rings. The van der Waals surface area contributed by atoms with E-state index in [0.717, 1.165) is 49.1 Å². The molecule has 1 aliphatic heterocycles. The minimum Gasteiger partial charge on any atom is -0.496 e. The third kappa shape index (κ3) is 4.36. The highest BCUT2D eigenvalue weighted by atomic mass is 32.1. The molecule has 0 unspecified atom stereocenters. The summed E-state index contributed by atoms with van der Waals surface area (Å²) >= 11 is 1.71. The van der Waals surface area contributed by atoms with Crippen LogP contribution in [0.3, 0.4) is 0 Å². The summed E-state index contributed by atoms with van der Waals surface area (Å²) in [4.78, 5) is 12.6.